The number of carbonyl (C=O) groups is 1. The summed E-state index contributed by atoms with van der Waals surface area (Å²) in [5.74, 6) is -1.31. The number of nitrogens with two attached hydrogens (primary N) is 1. The van der Waals surface area contributed by atoms with Crippen LogP contribution in [0.1, 0.15) is 15.9 Å². The molecule has 0 aliphatic carbocycles. The predicted molar refractivity (Wildman–Crippen MR) is 81.4 cm³/mol. The molecule has 3 nitrogen and oxygen atoms in total. The van der Waals surface area contributed by atoms with E-state index in [1.807, 2.05) is 0 Å². The number of hydrogen-bond acceptors (Lipinski definition) is 3. The second-order valence-corrected chi connectivity index (χ2v) is 5.40. The average molecular weight is 349 g/mol. The normalized spacial score (nSPS) is 10.5. The van der Waals surface area contributed by atoms with Crippen LogP contribution in [-0.2, 0) is 11.3 Å². The molecule has 0 atom stereocenters. The number of esters is 1. The lowest BCUT2D eigenvalue weighted by molar-refractivity contribution is 0.0469. The summed E-state index contributed by atoms with van der Waals surface area (Å²) < 4.78 is 18.6. The fraction of sp³-hybridized carbons (Fsp3) is 0.0714. The van der Waals surface area contributed by atoms with Crippen molar-refractivity contribution in [2.24, 2.45) is 0 Å². The van der Waals surface area contributed by atoms with Gasteiger partial charge in [-0.3, -0.25) is 0 Å². The van der Waals surface area contributed by atoms with Crippen molar-refractivity contribution in [2.75, 3.05) is 5.73 Å². The summed E-state index contributed by atoms with van der Waals surface area (Å²) in [6.07, 6.45) is 0. The van der Waals surface area contributed by atoms with Gasteiger partial charge < -0.3 is 10.5 Å². The molecule has 0 heterocycles. The standard InChI is InChI=1S/C14H9Cl3FNO2/c15-8-2-1-7(12(18)3-8)6-21-14(20)10-4-9(19)5-11(16)13(10)17/h1-5H,6,19H2. The highest BCUT2D eigenvalue weighted by Gasteiger charge is 2.16. The highest BCUT2D eigenvalue weighted by atomic mass is 35.5. The number of anilines is 1. The first-order chi connectivity index (χ1) is 9.88. The van der Waals surface area contributed by atoms with Crippen LogP contribution >= 0.6 is 34.8 Å². The molecule has 0 aliphatic heterocycles. The Bertz CT molecular complexity index is 707. The highest BCUT2D eigenvalue weighted by Crippen LogP contribution is 2.29. The van der Waals surface area contributed by atoms with Crippen LogP contribution in [0.5, 0.6) is 0 Å². The Labute approximate surface area is 135 Å². The van der Waals surface area contributed by atoms with E-state index in [-0.39, 0.29) is 38.5 Å². The zero-order chi connectivity index (χ0) is 15.6. The van der Waals surface area contributed by atoms with Gasteiger partial charge in [-0.1, -0.05) is 40.9 Å². The maximum atomic E-state index is 13.6. The molecule has 21 heavy (non-hydrogen) atoms. The Kier molecular flexibility index (Phi) is 4.93. The molecule has 0 saturated heterocycles. The lowest BCUT2D eigenvalue weighted by atomic mass is 10.2. The SMILES string of the molecule is Nc1cc(Cl)c(Cl)c(C(=O)OCc2ccc(Cl)cc2F)c1. The molecule has 0 bridgehead atoms. The van der Waals surface area contributed by atoms with Gasteiger partial charge in [-0.25, -0.2) is 9.18 Å². The van der Waals surface area contributed by atoms with Crippen molar-refractivity contribution in [1.29, 1.82) is 0 Å². The van der Waals surface area contributed by atoms with Gasteiger partial charge in [0.15, 0.2) is 0 Å². The Morgan fingerprint density at radius 1 is 1.19 bits per heavy atom. The third-order valence-electron chi connectivity index (χ3n) is 2.64. The van der Waals surface area contributed by atoms with Gasteiger partial charge in [0.05, 0.1) is 15.6 Å². The summed E-state index contributed by atoms with van der Waals surface area (Å²) >= 11 is 17.4. The molecule has 0 radical (unpaired) electrons. The molecule has 0 aromatic heterocycles. The fourth-order valence-electron chi connectivity index (χ4n) is 1.62. The maximum Gasteiger partial charge on any atom is 0.340 e. The van der Waals surface area contributed by atoms with E-state index in [1.54, 1.807) is 0 Å². The first-order valence-electron chi connectivity index (χ1n) is 5.74. The summed E-state index contributed by atoms with van der Waals surface area (Å²) in [4.78, 5) is 12.0. The molecule has 0 spiro atoms. The molecule has 0 fully saturated rings. The summed E-state index contributed by atoms with van der Waals surface area (Å²) in [5, 5.41) is 0.432. The van der Waals surface area contributed by atoms with E-state index >= 15 is 0 Å². The van der Waals surface area contributed by atoms with Gasteiger partial charge in [0.1, 0.15) is 12.4 Å². The molecule has 0 unspecified atom stereocenters. The van der Waals surface area contributed by atoms with Crippen LogP contribution in [-0.4, -0.2) is 5.97 Å². The summed E-state index contributed by atoms with van der Waals surface area (Å²) in [6.45, 7) is -0.259. The van der Waals surface area contributed by atoms with Gasteiger partial charge in [0.25, 0.3) is 0 Å². The molecular formula is C14H9Cl3FNO2. The fourth-order valence-corrected chi connectivity index (χ4v) is 2.19. The van der Waals surface area contributed by atoms with E-state index < -0.39 is 11.8 Å². The maximum absolute atomic E-state index is 13.6. The number of carbonyl (C=O) groups excluding carboxylic acids is 1. The Hall–Kier alpha value is -1.49. The van der Waals surface area contributed by atoms with E-state index in [0.29, 0.717) is 0 Å². The third-order valence-corrected chi connectivity index (χ3v) is 3.68. The van der Waals surface area contributed by atoms with Gasteiger partial charge in [-0.05, 0) is 24.3 Å². The number of rotatable bonds is 3. The number of halogens is 4. The Morgan fingerprint density at radius 2 is 1.90 bits per heavy atom. The van der Waals surface area contributed by atoms with E-state index in [0.717, 1.165) is 6.07 Å². The minimum absolute atomic E-state index is 0.0241. The molecular weight excluding hydrogens is 340 g/mol. The van der Waals surface area contributed by atoms with Crippen molar-refractivity contribution in [2.45, 2.75) is 6.61 Å². The minimum Gasteiger partial charge on any atom is -0.457 e. The number of nitrogen functional groups attached to an aromatic ring is 1. The molecule has 2 N–H and O–H groups in total. The van der Waals surface area contributed by atoms with Gasteiger partial charge in [0.2, 0.25) is 0 Å². The molecule has 0 amide bonds. The first kappa shape index (κ1) is 15.9. The van der Waals surface area contributed by atoms with Crippen molar-refractivity contribution in [1.82, 2.24) is 0 Å². The average Bonchev–Trinajstić information content (AvgIpc) is 2.41. The number of hydrogen-bond donors (Lipinski definition) is 1. The Morgan fingerprint density at radius 3 is 2.57 bits per heavy atom. The van der Waals surface area contributed by atoms with E-state index in [9.17, 15) is 9.18 Å². The van der Waals surface area contributed by atoms with Crippen molar-refractivity contribution < 1.29 is 13.9 Å². The van der Waals surface area contributed by atoms with Gasteiger partial charge in [-0.15, -0.1) is 0 Å². The lowest BCUT2D eigenvalue weighted by Crippen LogP contribution is -2.08. The molecule has 2 rings (SSSR count). The smallest absolute Gasteiger partial charge is 0.340 e. The zero-order valence-electron chi connectivity index (χ0n) is 10.5. The van der Waals surface area contributed by atoms with Crippen LogP contribution in [0.2, 0.25) is 15.1 Å². The van der Waals surface area contributed by atoms with Crippen molar-refractivity contribution >= 4 is 46.5 Å². The summed E-state index contributed by atoms with van der Waals surface area (Å²) in [6, 6.07) is 6.82. The molecule has 2 aromatic rings. The summed E-state index contributed by atoms with van der Waals surface area (Å²) in [7, 11) is 0. The van der Waals surface area contributed by atoms with Gasteiger partial charge in [-0.2, -0.15) is 0 Å². The number of ether oxygens (including phenoxy) is 1. The van der Waals surface area contributed by atoms with Crippen LogP contribution in [0.25, 0.3) is 0 Å². The first-order valence-corrected chi connectivity index (χ1v) is 6.87. The minimum atomic E-state index is -0.747. The topological polar surface area (TPSA) is 52.3 Å². The second-order valence-electron chi connectivity index (χ2n) is 4.18. The highest BCUT2D eigenvalue weighted by molar-refractivity contribution is 6.44. The van der Waals surface area contributed by atoms with E-state index in [2.05, 4.69) is 0 Å². The Balaban J connectivity index is 2.15. The van der Waals surface area contributed by atoms with Crippen molar-refractivity contribution in [3.63, 3.8) is 0 Å². The predicted octanol–water partition coefficient (Wildman–Crippen LogP) is 4.73. The van der Waals surface area contributed by atoms with Crippen molar-refractivity contribution in [3.8, 4) is 0 Å². The van der Waals surface area contributed by atoms with Crippen LogP contribution < -0.4 is 5.73 Å². The number of benzene rings is 2. The van der Waals surface area contributed by atoms with E-state index in [1.165, 1.54) is 24.3 Å². The zero-order valence-corrected chi connectivity index (χ0v) is 12.8. The second kappa shape index (κ2) is 6.52. The van der Waals surface area contributed by atoms with Crippen LogP contribution in [0, 0.1) is 5.82 Å². The van der Waals surface area contributed by atoms with Gasteiger partial charge in [0, 0.05) is 16.3 Å². The molecule has 7 heteroatoms. The third kappa shape index (κ3) is 3.79. The van der Waals surface area contributed by atoms with Crippen LogP contribution in [0.15, 0.2) is 30.3 Å². The summed E-state index contributed by atoms with van der Waals surface area (Å²) in [5.41, 5.74) is 6.08. The lowest BCUT2D eigenvalue weighted by Gasteiger charge is -2.09. The van der Waals surface area contributed by atoms with Crippen LogP contribution in [0.3, 0.4) is 0 Å². The van der Waals surface area contributed by atoms with Gasteiger partial charge >= 0.3 is 5.97 Å². The molecule has 110 valence electrons. The molecule has 0 aliphatic rings. The molecule has 0 saturated carbocycles. The van der Waals surface area contributed by atoms with Crippen LogP contribution in [0.4, 0.5) is 10.1 Å². The van der Waals surface area contributed by atoms with E-state index in [4.69, 9.17) is 45.3 Å². The van der Waals surface area contributed by atoms with Crippen molar-refractivity contribution in [3.05, 3.63) is 62.3 Å². The monoisotopic (exact) mass is 347 g/mol. The quantitative estimate of drug-likeness (QED) is 0.644. The largest absolute Gasteiger partial charge is 0.457 e. The molecule has 2 aromatic carbocycles.